The van der Waals surface area contributed by atoms with Crippen LogP contribution in [0.3, 0.4) is 0 Å². The number of halogens is 3. The van der Waals surface area contributed by atoms with Gasteiger partial charge in [-0.05, 0) is 48.9 Å². The van der Waals surface area contributed by atoms with Gasteiger partial charge in [0.25, 0.3) is 5.91 Å². The zero-order valence-corrected chi connectivity index (χ0v) is 13.2. The molecule has 1 amide bonds. The minimum atomic E-state index is -1.01. The Bertz CT molecular complexity index is 920. The molecule has 3 rings (SSSR count). The van der Waals surface area contributed by atoms with Crippen molar-refractivity contribution < 1.29 is 18.0 Å². The average molecular weight is 345 g/mol. The molecule has 1 aromatic heterocycles. The van der Waals surface area contributed by atoms with E-state index in [1.54, 1.807) is 0 Å². The maximum Gasteiger partial charge on any atom is 0.255 e. The predicted octanol–water partition coefficient (Wildman–Crippen LogP) is 4.31. The van der Waals surface area contributed by atoms with Gasteiger partial charge in [0.05, 0.1) is 11.4 Å². The molecule has 0 spiro atoms. The highest BCUT2D eigenvalue weighted by Gasteiger charge is 2.18. The van der Waals surface area contributed by atoms with Gasteiger partial charge in [0.1, 0.15) is 11.5 Å². The van der Waals surface area contributed by atoms with Crippen molar-refractivity contribution in [3.63, 3.8) is 0 Å². The highest BCUT2D eigenvalue weighted by molar-refractivity contribution is 6.06. The van der Waals surface area contributed by atoms with Gasteiger partial charge in [-0.3, -0.25) is 9.89 Å². The second-order valence-electron chi connectivity index (χ2n) is 5.37. The van der Waals surface area contributed by atoms with Gasteiger partial charge < -0.3 is 5.32 Å². The minimum Gasteiger partial charge on any atom is -0.319 e. The molecule has 0 unspecified atom stereocenters. The van der Waals surface area contributed by atoms with Crippen LogP contribution in [0.25, 0.3) is 11.3 Å². The fraction of sp³-hybridized carbons (Fsp3) is 0.111. The molecule has 25 heavy (non-hydrogen) atoms. The fourth-order valence-corrected chi connectivity index (χ4v) is 2.41. The van der Waals surface area contributed by atoms with Gasteiger partial charge in [0.15, 0.2) is 11.6 Å². The maximum atomic E-state index is 13.5. The number of carbonyl (C=O) groups is 1. The molecular weight excluding hydrogens is 331 g/mol. The normalized spacial score (nSPS) is 10.7. The summed E-state index contributed by atoms with van der Waals surface area (Å²) in [6, 6.07) is 8.46. The highest BCUT2D eigenvalue weighted by Crippen LogP contribution is 2.30. The molecule has 0 aliphatic rings. The van der Waals surface area contributed by atoms with E-state index >= 15 is 0 Å². The number of amides is 1. The number of anilines is 1. The van der Waals surface area contributed by atoms with Crippen molar-refractivity contribution >= 4 is 11.6 Å². The molecule has 0 aliphatic carbocycles. The van der Waals surface area contributed by atoms with Crippen LogP contribution in [0.5, 0.6) is 0 Å². The lowest BCUT2D eigenvalue weighted by atomic mass is 10.1. The van der Waals surface area contributed by atoms with Gasteiger partial charge in [0, 0.05) is 11.1 Å². The Labute approximate surface area is 141 Å². The smallest absolute Gasteiger partial charge is 0.255 e. The first kappa shape index (κ1) is 16.8. The molecule has 7 heteroatoms. The Kier molecular flexibility index (Phi) is 4.56. The summed E-state index contributed by atoms with van der Waals surface area (Å²) in [5.41, 5.74) is 1.90. The van der Waals surface area contributed by atoms with E-state index in [0.717, 1.165) is 12.1 Å². The quantitative estimate of drug-likeness (QED) is 0.740. The second kappa shape index (κ2) is 6.80. The van der Waals surface area contributed by atoms with E-state index < -0.39 is 23.4 Å². The van der Waals surface area contributed by atoms with Crippen molar-refractivity contribution in [2.75, 3.05) is 5.32 Å². The lowest BCUT2D eigenvalue weighted by Crippen LogP contribution is -2.13. The first-order chi connectivity index (χ1) is 12.0. The third kappa shape index (κ3) is 3.40. The number of H-pyrrole nitrogens is 1. The number of nitrogens with one attached hydrogen (secondary N) is 2. The molecule has 0 bridgehead atoms. The zero-order chi connectivity index (χ0) is 18.0. The minimum absolute atomic E-state index is 0.265. The summed E-state index contributed by atoms with van der Waals surface area (Å²) in [5, 5.41) is 9.59. The van der Waals surface area contributed by atoms with Gasteiger partial charge in [-0.25, -0.2) is 13.2 Å². The summed E-state index contributed by atoms with van der Waals surface area (Å²) < 4.78 is 39.7. The molecule has 0 radical (unpaired) electrons. The molecule has 2 aromatic carbocycles. The summed E-state index contributed by atoms with van der Waals surface area (Å²) in [6.45, 7) is 1.86. The summed E-state index contributed by atoms with van der Waals surface area (Å²) in [5.74, 6) is -2.88. The summed E-state index contributed by atoms with van der Waals surface area (Å²) >= 11 is 0. The van der Waals surface area contributed by atoms with Gasteiger partial charge >= 0.3 is 0 Å². The van der Waals surface area contributed by atoms with Crippen molar-refractivity contribution in [1.82, 2.24) is 10.2 Å². The molecule has 3 aromatic rings. The molecule has 128 valence electrons. The number of aromatic amines is 1. The van der Waals surface area contributed by atoms with Crippen LogP contribution in [0, 0.1) is 17.5 Å². The standard InChI is InChI=1S/C18H14F3N3O/c1-2-15-17(22-18(25)10-3-6-12(19)7-4-10)16(24-23-15)11-5-8-13(20)14(21)9-11/h3-9H,2H2,1H3,(H,22,25)(H,23,24). The average Bonchev–Trinajstić information content (AvgIpc) is 3.00. The van der Waals surface area contributed by atoms with Crippen molar-refractivity contribution in [1.29, 1.82) is 0 Å². The van der Waals surface area contributed by atoms with Crippen LogP contribution in [0.4, 0.5) is 18.9 Å². The van der Waals surface area contributed by atoms with Crippen molar-refractivity contribution in [2.45, 2.75) is 13.3 Å². The number of aromatic nitrogens is 2. The SMILES string of the molecule is CCc1[nH]nc(-c2ccc(F)c(F)c2)c1NC(=O)c1ccc(F)cc1. The van der Waals surface area contributed by atoms with Crippen LogP contribution >= 0.6 is 0 Å². The number of benzene rings is 2. The predicted molar refractivity (Wildman–Crippen MR) is 87.7 cm³/mol. The molecule has 0 saturated heterocycles. The van der Waals surface area contributed by atoms with Gasteiger partial charge in [-0.2, -0.15) is 5.10 Å². The zero-order valence-electron chi connectivity index (χ0n) is 13.2. The van der Waals surface area contributed by atoms with E-state index in [2.05, 4.69) is 15.5 Å². The lowest BCUT2D eigenvalue weighted by Gasteiger charge is -2.08. The topological polar surface area (TPSA) is 57.8 Å². The number of rotatable bonds is 4. The molecule has 0 atom stereocenters. The second-order valence-corrected chi connectivity index (χ2v) is 5.37. The Morgan fingerprint density at radius 1 is 1.08 bits per heavy atom. The van der Waals surface area contributed by atoms with Crippen LogP contribution < -0.4 is 5.32 Å². The molecule has 0 aliphatic heterocycles. The van der Waals surface area contributed by atoms with Crippen LogP contribution in [0.2, 0.25) is 0 Å². The van der Waals surface area contributed by atoms with Crippen LogP contribution in [-0.4, -0.2) is 16.1 Å². The van der Waals surface area contributed by atoms with Crippen molar-refractivity contribution in [2.24, 2.45) is 0 Å². The summed E-state index contributed by atoms with van der Waals surface area (Å²) in [6.07, 6.45) is 0.537. The van der Waals surface area contributed by atoms with E-state index in [0.29, 0.717) is 29.1 Å². The molecule has 4 nitrogen and oxygen atoms in total. The Balaban J connectivity index is 1.97. The number of hydrogen-bond donors (Lipinski definition) is 2. The Morgan fingerprint density at radius 3 is 2.44 bits per heavy atom. The van der Waals surface area contributed by atoms with Crippen molar-refractivity contribution in [3.05, 3.63) is 71.2 Å². The summed E-state index contributed by atoms with van der Waals surface area (Å²) in [7, 11) is 0. The maximum absolute atomic E-state index is 13.5. The van der Waals surface area contributed by atoms with E-state index in [4.69, 9.17) is 0 Å². The largest absolute Gasteiger partial charge is 0.319 e. The Hall–Kier alpha value is -3.09. The molecule has 0 saturated carbocycles. The Morgan fingerprint density at radius 2 is 1.80 bits per heavy atom. The monoisotopic (exact) mass is 345 g/mol. The fourth-order valence-electron chi connectivity index (χ4n) is 2.41. The van der Waals surface area contributed by atoms with Gasteiger partial charge in [0.2, 0.25) is 0 Å². The number of hydrogen-bond acceptors (Lipinski definition) is 2. The van der Waals surface area contributed by atoms with E-state index in [1.165, 1.54) is 30.3 Å². The van der Waals surface area contributed by atoms with Crippen molar-refractivity contribution in [3.8, 4) is 11.3 Å². The first-order valence-electron chi connectivity index (χ1n) is 7.59. The highest BCUT2D eigenvalue weighted by atomic mass is 19.2. The van der Waals surface area contributed by atoms with Crippen LogP contribution in [0.1, 0.15) is 23.0 Å². The molecule has 2 N–H and O–H groups in total. The van der Waals surface area contributed by atoms with Gasteiger partial charge in [-0.15, -0.1) is 0 Å². The third-order valence-corrected chi connectivity index (χ3v) is 3.73. The molecular formula is C18H14F3N3O. The third-order valence-electron chi connectivity index (χ3n) is 3.73. The van der Waals surface area contributed by atoms with Gasteiger partial charge in [-0.1, -0.05) is 6.92 Å². The summed E-state index contributed by atoms with van der Waals surface area (Å²) in [4.78, 5) is 12.4. The number of aryl methyl sites for hydroxylation is 1. The van der Waals surface area contributed by atoms with E-state index in [-0.39, 0.29) is 5.56 Å². The van der Waals surface area contributed by atoms with E-state index in [1.807, 2.05) is 6.92 Å². The first-order valence-corrected chi connectivity index (χ1v) is 7.59. The van der Waals surface area contributed by atoms with E-state index in [9.17, 15) is 18.0 Å². The number of carbonyl (C=O) groups excluding carboxylic acids is 1. The van der Waals surface area contributed by atoms with Crippen LogP contribution in [-0.2, 0) is 6.42 Å². The van der Waals surface area contributed by atoms with Crippen LogP contribution in [0.15, 0.2) is 42.5 Å². The molecule has 1 heterocycles. The molecule has 0 fully saturated rings. The number of nitrogens with zero attached hydrogens (tertiary/aromatic N) is 1. The lowest BCUT2D eigenvalue weighted by molar-refractivity contribution is 0.102.